The van der Waals surface area contributed by atoms with Gasteiger partial charge in [0, 0.05) is 46.1 Å². The standard InChI is InChI=1S/C20H22BrNO3/c1-23-17-5-3-2-4-13(17)12-22-9-6-16-19-14(7-10-24-19)18(21)15-8-11-25-20(15)16/h2-5,22H,6-12H2,1H3. The molecular weight excluding hydrogens is 382 g/mol. The number of hydrogen-bond acceptors (Lipinski definition) is 4. The summed E-state index contributed by atoms with van der Waals surface area (Å²) in [6, 6.07) is 8.11. The van der Waals surface area contributed by atoms with Gasteiger partial charge < -0.3 is 19.5 Å². The Kier molecular flexibility index (Phi) is 4.86. The van der Waals surface area contributed by atoms with Crippen molar-refractivity contribution in [3.63, 3.8) is 0 Å². The van der Waals surface area contributed by atoms with E-state index in [1.807, 2.05) is 18.2 Å². The summed E-state index contributed by atoms with van der Waals surface area (Å²) in [5, 5.41) is 3.52. The highest BCUT2D eigenvalue weighted by Gasteiger charge is 2.30. The summed E-state index contributed by atoms with van der Waals surface area (Å²) in [5.41, 5.74) is 5.01. The van der Waals surface area contributed by atoms with Gasteiger partial charge in [-0.1, -0.05) is 18.2 Å². The molecule has 0 aliphatic carbocycles. The smallest absolute Gasteiger partial charge is 0.130 e. The van der Waals surface area contributed by atoms with Crippen molar-refractivity contribution in [2.75, 3.05) is 26.9 Å². The Morgan fingerprint density at radius 2 is 1.76 bits per heavy atom. The lowest BCUT2D eigenvalue weighted by Crippen LogP contribution is -2.17. The molecule has 0 saturated heterocycles. The van der Waals surface area contributed by atoms with Crippen molar-refractivity contribution in [1.29, 1.82) is 0 Å². The summed E-state index contributed by atoms with van der Waals surface area (Å²) in [4.78, 5) is 0. The van der Waals surface area contributed by atoms with Gasteiger partial charge in [0.05, 0.1) is 20.3 Å². The van der Waals surface area contributed by atoms with Crippen molar-refractivity contribution in [1.82, 2.24) is 5.32 Å². The van der Waals surface area contributed by atoms with E-state index in [9.17, 15) is 0 Å². The maximum absolute atomic E-state index is 5.93. The van der Waals surface area contributed by atoms with Crippen molar-refractivity contribution in [2.45, 2.75) is 25.8 Å². The highest BCUT2D eigenvalue weighted by molar-refractivity contribution is 9.10. The number of hydrogen-bond donors (Lipinski definition) is 1. The van der Waals surface area contributed by atoms with Crippen LogP contribution in [0, 0.1) is 0 Å². The highest BCUT2D eigenvalue weighted by atomic mass is 79.9. The van der Waals surface area contributed by atoms with Crippen LogP contribution in [0.1, 0.15) is 22.3 Å². The molecular formula is C20H22BrNO3. The van der Waals surface area contributed by atoms with Crippen molar-refractivity contribution >= 4 is 15.9 Å². The molecule has 2 aromatic carbocycles. The summed E-state index contributed by atoms with van der Waals surface area (Å²) >= 11 is 3.76. The Hall–Kier alpha value is -1.72. The number of rotatable bonds is 6. The molecule has 0 aromatic heterocycles. The molecule has 25 heavy (non-hydrogen) atoms. The first kappa shape index (κ1) is 16.7. The van der Waals surface area contributed by atoms with E-state index in [0.717, 1.165) is 62.8 Å². The van der Waals surface area contributed by atoms with E-state index in [0.29, 0.717) is 0 Å². The second-order valence-corrected chi connectivity index (χ2v) is 7.14. The summed E-state index contributed by atoms with van der Waals surface area (Å²) in [5.74, 6) is 2.99. The maximum atomic E-state index is 5.93. The van der Waals surface area contributed by atoms with Crippen molar-refractivity contribution in [3.05, 3.63) is 51.0 Å². The molecule has 4 nitrogen and oxygen atoms in total. The lowest BCUT2D eigenvalue weighted by atomic mass is 9.99. The van der Waals surface area contributed by atoms with Gasteiger partial charge in [-0.15, -0.1) is 0 Å². The molecule has 2 aliphatic rings. The molecule has 0 amide bonds. The molecule has 5 heteroatoms. The largest absolute Gasteiger partial charge is 0.496 e. The number of para-hydroxylation sites is 1. The van der Waals surface area contributed by atoms with Gasteiger partial charge in [0.15, 0.2) is 0 Å². The number of methoxy groups -OCH3 is 1. The van der Waals surface area contributed by atoms with Crippen LogP contribution in [0.5, 0.6) is 17.2 Å². The van der Waals surface area contributed by atoms with Crippen LogP contribution < -0.4 is 19.5 Å². The van der Waals surface area contributed by atoms with Crippen LogP contribution in [-0.2, 0) is 25.8 Å². The number of halogens is 1. The normalized spacial score (nSPS) is 14.6. The van der Waals surface area contributed by atoms with Crippen molar-refractivity contribution in [3.8, 4) is 17.2 Å². The number of benzene rings is 2. The highest BCUT2D eigenvalue weighted by Crippen LogP contribution is 2.47. The number of ether oxygens (including phenoxy) is 3. The lowest BCUT2D eigenvalue weighted by molar-refractivity contribution is 0.336. The van der Waals surface area contributed by atoms with Gasteiger partial charge in [0.2, 0.25) is 0 Å². The molecule has 4 rings (SSSR count). The van der Waals surface area contributed by atoms with E-state index in [-0.39, 0.29) is 0 Å². The molecule has 0 saturated carbocycles. The van der Waals surface area contributed by atoms with E-state index in [1.54, 1.807) is 7.11 Å². The third-order valence-corrected chi connectivity index (χ3v) is 5.84. The molecule has 0 atom stereocenters. The molecule has 0 radical (unpaired) electrons. The van der Waals surface area contributed by atoms with Crippen LogP contribution in [-0.4, -0.2) is 26.9 Å². The number of fused-ring (bicyclic) bond motifs is 2. The molecule has 1 N–H and O–H groups in total. The molecule has 2 aliphatic heterocycles. The second kappa shape index (κ2) is 7.26. The molecule has 0 bridgehead atoms. The average molecular weight is 404 g/mol. The predicted octanol–water partition coefficient (Wildman–Crippen LogP) is 3.66. The lowest BCUT2D eigenvalue weighted by Gasteiger charge is -2.15. The van der Waals surface area contributed by atoms with Gasteiger partial charge >= 0.3 is 0 Å². The molecule has 0 fully saturated rings. The fourth-order valence-electron chi connectivity index (χ4n) is 3.67. The molecule has 0 unspecified atom stereocenters. The first-order valence-electron chi connectivity index (χ1n) is 8.74. The zero-order chi connectivity index (χ0) is 17.2. The van der Waals surface area contributed by atoms with Crippen LogP contribution in [0.3, 0.4) is 0 Å². The van der Waals surface area contributed by atoms with Crippen LogP contribution in [0.25, 0.3) is 0 Å². The van der Waals surface area contributed by atoms with E-state index in [4.69, 9.17) is 14.2 Å². The van der Waals surface area contributed by atoms with Gasteiger partial charge in [-0.2, -0.15) is 0 Å². The van der Waals surface area contributed by atoms with Gasteiger partial charge in [-0.05, 0) is 35.0 Å². The fourth-order valence-corrected chi connectivity index (χ4v) is 4.42. The topological polar surface area (TPSA) is 39.7 Å². The van der Waals surface area contributed by atoms with Crippen LogP contribution >= 0.6 is 15.9 Å². The quantitative estimate of drug-likeness (QED) is 0.747. The second-order valence-electron chi connectivity index (χ2n) is 6.34. The minimum absolute atomic E-state index is 0.762. The van der Waals surface area contributed by atoms with Crippen LogP contribution in [0.15, 0.2) is 28.7 Å². The summed E-state index contributed by atoms with van der Waals surface area (Å²) in [6.45, 7) is 3.18. The Labute approximate surface area is 156 Å². The first-order chi connectivity index (χ1) is 12.3. The van der Waals surface area contributed by atoms with Gasteiger partial charge in [0.1, 0.15) is 17.2 Å². The third-order valence-electron chi connectivity index (χ3n) is 4.88. The third kappa shape index (κ3) is 3.11. The average Bonchev–Trinajstić information content (AvgIpc) is 3.31. The predicted molar refractivity (Wildman–Crippen MR) is 101 cm³/mol. The zero-order valence-corrected chi connectivity index (χ0v) is 15.9. The van der Waals surface area contributed by atoms with Gasteiger partial charge in [-0.25, -0.2) is 0 Å². The maximum Gasteiger partial charge on any atom is 0.130 e. The van der Waals surface area contributed by atoms with Crippen molar-refractivity contribution in [2.24, 2.45) is 0 Å². The van der Waals surface area contributed by atoms with Gasteiger partial charge in [-0.3, -0.25) is 0 Å². The van der Waals surface area contributed by atoms with Crippen molar-refractivity contribution < 1.29 is 14.2 Å². The first-order valence-corrected chi connectivity index (χ1v) is 9.53. The molecule has 2 heterocycles. The monoisotopic (exact) mass is 403 g/mol. The zero-order valence-electron chi connectivity index (χ0n) is 14.4. The Balaban J connectivity index is 1.47. The minimum Gasteiger partial charge on any atom is -0.496 e. The summed E-state index contributed by atoms with van der Waals surface area (Å²) < 4.78 is 18.5. The van der Waals surface area contributed by atoms with E-state index < -0.39 is 0 Å². The SMILES string of the molecule is COc1ccccc1CNCCc1c2c(c(Br)c3c1OCC3)CCO2. The fraction of sp³-hybridized carbons (Fsp3) is 0.400. The van der Waals surface area contributed by atoms with Crippen LogP contribution in [0.4, 0.5) is 0 Å². The number of nitrogens with one attached hydrogen (secondary N) is 1. The van der Waals surface area contributed by atoms with Gasteiger partial charge in [0.25, 0.3) is 0 Å². The minimum atomic E-state index is 0.762. The molecule has 2 aromatic rings. The Morgan fingerprint density at radius 3 is 2.44 bits per heavy atom. The Morgan fingerprint density at radius 1 is 1.08 bits per heavy atom. The van der Waals surface area contributed by atoms with Crippen LogP contribution in [0.2, 0.25) is 0 Å². The Bertz CT molecular complexity index is 756. The molecule has 0 spiro atoms. The van der Waals surface area contributed by atoms with E-state index >= 15 is 0 Å². The van der Waals surface area contributed by atoms with E-state index in [1.165, 1.54) is 26.7 Å². The summed E-state index contributed by atoms with van der Waals surface area (Å²) in [6.07, 6.45) is 2.85. The summed E-state index contributed by atoms with van der Waals surface area (Å²) in [7, 11) is 1.71. The van der Waals surface area contributed by atoms with E-state index in [2.05, 4.69) is 27.3 Å². The molecule has 132 valence electrons.